The first kappa shape index (κ1) is 25.4. The lowest BCUT2D eigenvalue weighted by molar-refractivity contribution is -0.138. The molecule has 1 aromatic heterocycles. The molecule has 3 aromatic rings. The quantitative estimate of drug-likeness (QED) is 0.440. The van der Waals surface area contributed by atoms with E-state index in [-0.39, 0.29) is 36.0 Å². The number of ether oxygens (including phenoxy) is 1. The lowest BCUT2D eigenvalue weighted by Crippen LogP contribution is -2.43. The van der Waals surface area contributed by atoms with E-state index < -0.39 is 0 Å². The van der Waals surface area contributed by atoms with Crippen molar-refractivity contribution < 1.29 is 18.7 Å². The molecule has 2 aromatic carbocycles. The zero-order chi connectivity index (χ0) is 25.7. The van der Waals surface area contributed by atoms with E-state index in [0.717, 1.165) is 36.9 Å². The molecule has 190 valence electrons. The number of imidazole rings is 1. The van der Waals surface area contributed by atoms with Crippen LogP contribution in [0.15, 0.2) is 54.7 Å². The van der Waals surface area contributed by atoms with Crippen molar-refractivity contribution in [1.29, 1.82) is 0 Å². The van der Waals surface area contributed by atoms with E-state index in [1.165, 1.54) is 12.1 Å². The molecule has 0 aliphatic heterocycles. The van der Waals surface area contributed by atoms with Crippen LogP contribution >= 0.6 is 0 Å². The number of carbonyl (C=O) groups is 2. The lowest BCUT2D eigenvalue weighted by atomic mass is 10.1. The number of nitrogens with zero attached hydrogens (tertiary/aromatic N) is 3. The SMILES string of the molecule is COc1ccc(-n2cc(-c3ccc(F)cc3)nc2NC(=O)CN(CC(C)C)C(=O)C2CCCC2)cc1. The molecule has 1 saturated carbocycles. The standard InChI is InChI=1S/C28H33FN4O3/c1-19(2)16-32(27(35)21-6-4-5-7-21)18-26(34)31-28-30-25(20-8-10-22(29)11-9-20)17-33(28)23-12-14-24(36-3)15-13-23/h8-15,17,19,21H,4-7,16,18H2,1-3H3,(H,30,31,34). The molecule has 36 heavy (non-hydrogen) atoms. The first-order chi connectivity index (χ1) is 17.3. The fourth-order valence-corrected chi connectivity index (χ4v) is 4.61. The van der Waals surface area contributed by atoms with E-state index in [9.17, 15) is 14.0 Å². The largest absolute Gasteiger partial charge is 0.497 e. The second kappa shape index (κ2) is 11.4. The summed E-state index contributed by atoms with van der Waals surface area (Å²) >= 11 is 0. The van der Waals surface area contributed by atoms with Gasteiger partial charge in [0.1, 0.15) is 11.6 Å². The highest BCUT2D eigenvalue weighted by Crippen LogP contribution is 2.28. The van der Waals surface area contributed by atoms with Crippen LogP contribution in [0.4, 0.5) is 10.3 Å². The molecular formula is C28H33FN4O3. The normalized spacial score (nSPS) is 13.7. The van der Waals surface area contributed by atoms with E-state index in [0.29, 0.717) is 23.9 Å². The molecule has 4 rings (SSSR count). The maximum absolute atomic E-state index is 13.5. The zero-order valence-corrected chi connectivity index (χ0v) is 21.0. The molecule has 0 radical (unpaired) electrons. The van der Waals surface area contributed by atoms with Gasteiger partial charge in [0.05, 0.1) is 19.3 Å². The van der Waals surface area contributed by atoms with E-state index in [4.69, 9.17) is 4.74 Å². The number of rotatable bonds is 9. The molecule has 0 unspecified atom stereocenters. The van der Waals surface area contributed by atoms with Crippen LogP contribution in [0.2, 0.25) is 0 Å². The van der Waals surface area contributed by atoms with Gasteiger partial charge in [0.15, 0.2) is 0 Å². The van der Waals surface area contributed by atoms with Gasteiger partial charge in [0.25, 0.3) is 0 Å². The Bertz CT molecular complexity index is 1180. The Balaban J connectivity index is 1.60. The van der Waals surface area contributed by atoms with Crippen LogP contribution in [0.3, 0.4) is 0 Å². The topological polar surface area (TPSA) is 76.5 Å². The fraction of sp³-hybridized carbons (Fsp3) is 0.393. The van der Waals surface area contributed by atoms with Gasteiger partial charge in [-0.05, 0) is 67.3 Å². The van der Waals surface area contributed by atoms with Crippen molar-refractivity contribution >= 4 is 17.8 Å². The predicted octanol–water partition coefficient (Wildman–Crippen LogP) is 5.30. The average molecular weight is 493 g/mol. The van der Waals surface area contributed by atoms with Crippen molar-refractivity contribution in [2.45, 2.75) is 39.5 Å². The number of anilines is 1. The first-order valence-electron chi connectivity index (χ1n) is 12.4. The Labute approximate surface area is 211 Å². The van der Waals surface area contributed by atoms with Gasteiger partial charge < -0.3 is 9.64 Å². The maximum atomic E-state index is 13.5. The van der Waals surface area contributed by atoms with Crippen molar-refractivity contribution in [1.82, 2.24) is 14.5 Å². The zero-order valence-electron chi connectivity index (χ0n) is 21.0. The number of hydrogen-bond donors (Lipinski definition) is 1. The van der Waals surface area contributed by atoms with Crippen molar-refractivity contribution in [2.75, 3.05) is 25.5 Å². The van der Waals surface area contributed by atoms with Crippen LogP contribution in [0, 0.1) is 17.7 Å². The summed E-state index contributed by atoms with van der Waals surface area (Å²) in [7, 11) is 1.60. The molecular weight excluding hydrogens is 459 g/mol. The number of carbonyl (C=O) groups excluding carboxylic acids is 2. The van der Waals surface area contributed by atoms with E-state index in [2.05, 4.69) is 10.3 Å². The minimum atomic E-state index is -0.334. The minimum Gasteiger partial charge on any atom is -0.497 e. The van der Waals surface area contributed by atoms with Gasteiger partial charge in [-0.2, -0.15) is 0 Å². The molecule has 0 spiro atoms. The van der Waals surface area contributed by atoms with Crippen LogP contribution in [0.25, 0.3) is 16.9 Å². The number of nitrogens with one attached hydrogen (secondary N) is 1. The molecule has 0 saturated heterocycles. The van der Waals surface area contributed by atoms with Gasteiger partial charge in [-0.1, -0.05) is 26.7 Å². The molecule has 1 heterocycles. The Morgan fingerprint density at radius 3 is 2.39 bits per heavy atom. The second-order valence-corrected chi connectivity index (χ2v) is 9.67. The smallest absolute Gasteiger partial charge is 0.246 e. The van der Waals surface area contributed by atoms with Crippen LogP contribution in [-0.2, 0) is 9.59 Å². The van der Waals surface area contributed by atoms with E-state index >= 15 is 0 Å². The molecule has 2 amide bonds. The van der Waals surface area contributed by atoms with Crippen molar-refractivity contribution in [2.24, 2.45) is 11.8 Å². The summed E-state index contributed by atoms with van der Waals surface area (Å²) in [6.45, 7) is 4.57. The summed E-state index contributed by atoms with van der Waals surface area (Å²) in [5, 5.41) is 2.90. The van der Waals surface area contributed by atoms with Crippen molar-refractivity contribution in [3.8, 4) is 22.7 Å². The number of aromatic nitrogens is 2. The fourth-order valence-electron chi connectivity index (χ4n) is 4.61. The Kier molecular flexibility index (Phi) is 8.03. The molecule has 7 nitrogen and oxygen atoms in total. The molecule has 0 atom stereocenters. The van der Waals surface area contributed by atoms with Crippen LogP contribution in [-0.4, -0.2) is 46.5 Å². The summed E-state index contributed by atoms with van der Waals surface area (Å²) in [6, 6.07) is 13.4. The number of hydrogen-bond acceptors (Lipinski definition) is 4. The molecule has 1 aliphatic carbocycles. The Morgan fingerprint density at radius 1 is 1.11 bits per heavy atom. The summed E-state index contributed by atoms with van der Waals surface area (Å²) in [5.41, 5.74) is 2.08. The summed E-state index contributed by atoms with van der Waals surface area (Å²) in [5.74, 6) is 0.687. The number of benzene rings is 2. The lowest BCUT2D eigenvalue weighted by Gasteiger charge is -2.26. The van der Waals surface area contributed by atoms with Gasteiger partial charge in [0.2, 0.25) is 17.8 Å². The monoisotopic (exact) mass is 492 g/mol. The highest BCUT2D eigenvalue weighted by atomic mass is 19.1. The maximum Gasteiger partial charge on any atom is 0.246 e. The summed E-state index contributed by atoms with van der Waals surface area (Å²) in [6.07, 6.45) is 5.68. The number of methoxy groups -OCH3 is 1. The predicted molar refractivity (Wildman–Crippen MR) is 138 cm³/mol. The Hall–Kier alpha value is -3.68. The van der Waals surface area contributed by atoms with Crippen molar-refractivity contribution in [3.63, 3.8) is 0 Å². The van der Waals surface area contributed by atoms with Gasteiger partial charge in [-0.25, -0.2) is 9.37 Å². The highest BCUT2D eigenvalue weighted by Gasteiger charge is 2.29. The summed E-state index contributed by atoms with van der Waals surface area (Å²) < 4.78 is 20.5. The number of amides is 2. The number of halogens is 1. The molecule has 1 aliphatic rings. The third-order valence-electron chi connectivity index (χ3n) is 6.38. The second-order valence-electron chi connectivity index (χ2n) is 9.67. The molecule has 1 N–H and O–H groups in total. The first-order valence-corrected chi connectivity index (χ1v) is 12.4. The molecule has 1 fully saturated rings. The van der Waals surface area contributed by atoms with Gasteiger partial charge in [-0.3, -0.25) is 19.5 Å². The Morgan fingerprint density at radius 2 is 1.78 bits per heavy atom. The van der Waals surface area contributed by atoms with Crippen molar-refractivity contribution in [3.05, 3.63) is 60.5 Å². The van der Waals surface area contributed by atoms with Gasteiger partial charge >= 0.3 is 0 Å². The third kappa shape index (κ3) is 6.11. The molecule has 0 bridgehead atoms. The highest BCUT2D eigenvalue weighted by molar-refractivity contribution is 5.94. The van der Waals surface area contributed by atoms with Gasteiger partial charge in [-0.15, -0.1) is 0 Å². The van der Waals surface area contributed by atoms with Gasteiger partial charge in [0, 0.05) is 29.9 Å². The van der Waals surface area contributed by atoms with Crippen LogP contribution < -0.4 is 10.1 Å². The third-order valence-corrected chi connectivity index (χ3v) is 6.38. The average Bonchev–Trinajstić information content (AvgIpc) is 3.54. The van der Waals surface area contributed by atoms with E-state index in [1.54, 1.807) is 34.9 Å². The summed E-state index contributed by atoms with van der Waals surface area (Å²) in [4.78, 5) is 32.6. The van der Waals surface area contributed by atoms with Crippen LogP contribution in [0.5, 0.6) is 5.75 Å². The van der Waals surface area contributed by atoms with Crippen LogP contribution in [0.1, 0.15) is 39.5 Å². The molecule has 8 heteroatoms. The van der Waals surface area contributed by atoms with E-state index in [1.807, 2.05) is 38.1 Å². The minimum absolute atomic E-state index is 0.00270.